The first-order valence-corrected chi connectivity index (χ1v) is 8.44. The molecule has 4 nitrogen and oxygen atoms in total. The van der Waals surface area contributed by atoms with E-state index in [9.17, 15) is 0 Å². The third-order valence-corrected chi connectivity index (χ3v) is 5.32. The predicted molar refractivity (Wildman–Crippen MR) is 88.6 cm³/mol. The molecule has 2 aliphatic rings. The lowest BCUT2D eigenvalue weighted by Crippen LogP contribution is -2.61. The third kappa shape index (κ3) is 3.08. The number of ether oxygens (including phenoxy) is 2. The molecule has 3 rings (SSSR count). The highest BCUT2D eigenvalue weighted by molar-refractivity contribution is 5.40. The zero-order valence-electron chi connectivity index (χ0n) is 13.9. The van der Waals surface area contributed by atoms with E-state index < -0.39 is 0 Å². The van der Waals surface area contributed by atoms with Crippen molar-refractivity contribution in [3.8, 4) is 11.5 Å². The maximum atomic E-state index is 5.56. The van der Waals surface area contributed by atoms with Gasteiger partial charge in [0.15, 0.2) is 0 Å². The van der Waals surface area contributed by atoms with Crippen LogP contribution in [0.3, 0.4) is 0 Å². The Bertz CT molecular complexity index is 490. The van der Waals surface area contributed by atoms with Gasteiger partial charge in [0.25, 0.3) is 0 Å². The molecule has 0 amide bonds. The van der Waals surface area contributed by atoms with Crippen molar-refractivity contribution in [2.45, 2.75) is 44.2 Å². The Hall–Kier alpha value is -1.26. The summed E-state index contributed by atoms with van der Waals surface area (Å²) in [6.07, 6.45) is 6.72. The molecule has 0 bridgehead atoms. The third-order valence-electron chi connectivity index (χ3n) is 5.32. The molecule has 1 saturated carbocycles. The van der Waals surface area contributed by atoms with Gasteiger partial charge in [0.2, 0.25) is 0 Å². The molecule has 0 radical (unpaired) electrons. The molecule has 122 valence electrons. The molecule has 1 heterocycles. The van der Waals surface area contributed by atoms with Crippen molar-refractivity contribution in [1.29, 1.82) is 0 Å². The fourth-order valence-electron chi connectivity index (χ4n) is 4.04. The molecule has 1 aliphatic heterocycles. The SMILES string of the molecule is COc1ccc(OC)c(CN2CCNCC23CCCCC3)c1. The molecular formula is C18H28N2O2. The summed E-state index contributed by atoms with van der Waals surface area (Å²) >= 11 is 0. The number of nitrogens with zero attached hydrogens (tertiary/aromatic N) is 1. The van der Waals surface area contributed by atoms with E-state index in [1.807, 2.05) is 12.1 Å². The minimum Gasteiger partial charge on any atom is -0.497 e. The molecule has 2 fully saturated rings. The van der Waals surface area contributed by atoms with E-state index in [0.29, 0.717) is 5.54 Å². The first kappa shape index (κ1) is 15.6. The number of hydrogen-bond acceptors (Lipinski definition) is 4. The van der Waals surface area contributed by atoms with Gasteiger partial charge in [0.1, 0.15) is 11.5 Å². The van der Waals surface area contributed by atoms with Gasteiger partial charge in [-0.1, -0.05) is 19.3 Å². The molecule has 4 heteroatoms. The molecule has 1 spiro atoms. The largest absolute Gasteiger partial charge is 0.497 e. The van der Waals surface area contributed by atoms with Gasteiger partial charge in [0, 0.05) is 37.3 Å². The van der Waals surface area contributed by atoms with Crippen LogP contribution in [0.15, 0.2) is 18.2 Å². The van der Waals surface area contributed by atoms with Crippen LogP contribution in [-0.4, -0.2) is 44.3 Å². The van der Waals surface area contributed by atoms with E-state index in [2.05, 4.69) is 16.3 Å². The molecule has 1 aromatic rings. The van der Waals surface area contributed by atoms with Crippen LogP contribution < -0.4 is 14.8 Å². The van der Waals surface area contributed by atoms with E-state index in [1.54, 1.807) is 14.2 Å². The zero-order valence-corrected chi connectivity index (χ0v) is 13.9. The van der Waals surface area contributed by atoms with E-state index in [-0.39, 0.29) is 0 Å². The molecular weight excluding hydrogens is 276 g/mol. The fraction of sp³-hybridized carbons (Fsp3) is 0.667. The maximum absolute atomic E-state index is 5.56. The number of nitrogens with one attached hydrogen (secondary N) is 1. The summed E-state index contributed by atoms with van der Waals surface area (Å²) in [5.41, 5.74) is 1.57. The van der Waals surface area contributed by atoms with Crippen LogP contribution >= 0.6 is 0 Å². The molecule has 0 atom stereocenters. The highest BCUT2D eigenvalue weighted by Gasteiger charge is 2.39. The van der Waals surface area contributed by atoms with Gasteiger partial charge >= 0.3 is 0 Å². The topological polar surface area (TPSA) is 33.7 Å². The molecule has 22 heavy (non-hydrogen) atoms. The van der Waals surface area contributed by atoms with Gasteiger partial charge in [0.05, 0.1) is 14.2 Å². The van der Waals surface area contributed by atoms with E-state index >= 15 is 0 Å². The summed E-state index contributed by atoms with van der Waals surface area (Å²) in [5.74, 6) is 1.87. The lowest BCUT2D eigenvalue weighted by Gasteiger charge is -2.50. The minimum absolute atomic E-state index is 0.338. The van der Waals surface area contributed by atoms with E-state index in [4.69, 9.17) is 9.47 Å². The summed E-state index contributed by atoms with van der Waals surface area (Å²) in [4.78, 5) is 2.68. The summed E-state index contributed by atoms with van der Waals surface area (Å²) < 4.78 is 11.0. The lowest BCUT2D eigenvalue weighted by atomic mass is 9.79. The Balaban J connectivity index is 1.83. The number of methoxy groups -OCH3 is 2. The Morgan fingerprint density at radius 3 is 2.68 bits per heavy atom. The second-order valence-corrected chi connectivity index (χ2v) is 6.56. The maximum Gasteiger partial charge on any atom is 0.123 e. The molecule has 1 aliphatic carbocycles. The Labute approximate surface area is 133 Å². The monoisotopic (exact) mass is 304 g/mol. The summed E-state index contributed by atoms with van der Waals surface area (Å²) in [7, 11) is 3.47. The van der Waals surface area contributed by atoms with Crippen molar-refractivity contribution >= 4 is 0 Å². The number of benzene rings is 1. The van der Waals surface area contributed by atoms with Crippen LogP contribution in [0.4, 0.5) is 0 Å². The Morgan fingerprint density at radius 2 is 1.95 bits per heavy atom. The van der Waals surface area contributed by atoms with Crippen molar-refractivity contribution in [3.63, 3.8) is 0 Å². The number of rotatable bonds is 4. The van der Waals surface area contributed by atoms with Crippen molar-refractivity contribution in [2.24, 2.45) is 0 Å². The lowest BCUT2D eigenvalue weighted by molar-refractivity contribution is 0.0203. The van der Waals surface area contributed by atoms with Gasteiger partial charge in [-0.25, -0.2) is 0 Å². The minimum atomic E-state index is 0.338. The van der Waals surface area contributed by atoms with Crippen LogP contribution in [0, 0.1) is 0 Å². The van der Waals surface area contributed by atoms with Gasteiger partial charge in [-0.05, 0) is 31.0 Å². The summed E-state index contributed by atoms with van der Waals surface area (Å²) in [5, 5.41) is 3.61. The van der Waals surface area contributed by atoms with Gasteiger partial charge in [-0.2, -0.15) is 0 Å². The van der Waals surface area contributed by atoms with Crippen molar-refractivity contribution in [3.05, 3.63) is 23.8 Å². The van der Waals surface area contributed by atoms with Gasteiger partial charge in [-0.3, -0.25) is 4.90 Å². The average molecular weight is 304 g/mol. The van der Waals surface area contributed by atoms with Gasteiger partial charge < -0.3 is 14.8 Å². The standard InChI is InChI=1S/C18H28N2O2/c1-21-16-6-7-17(22-2)15(12-16)13-20-11-10-19-14-18(20)8-4-3-5-9-18/h6-7,12,19H,3-5,8-11,13-14H2,1-2H3. The first-order valence-electron chi connectivity index (χ1n) is 8.44. The quantitative estimate of drug-likeness (QED) is 0.927. The first-order chi connectivity index (χ1) is 10.8. The smallest absolute Gasteiger partial charge is 0.123 e. The summed E-state index contributed by atoms with van der Waals surface area (Å²) in [6.45, 7) is 4.26. The fourth-order valence-corrected chi connectivity index (χ4v) is 4.04. The van der Waals surface area contributed by atoms with Crippen LogP contribution in [-0.2, 0) is 6.54 Å². The molecule has 0 unspecified atom stereocenters. The summed E-state index contributed by atoms with van der Waals surface area (Å²) in [6, 6.07) is 6.11. The van der Waals surface area contributed by atoms with Gasteiger partial charge in [-0.15, -0.1) is 0 Å². The Morgan fingerprint density at radius 1 is 1.14 bits per heavy atom. The highest BCUT2D eigenvalue weighted by Crippen LogP contribution is 2.37. The van der Waals surface area contributed by atoms with Crippen LogP contribution in [0.25, 0.3) is 0 Å². The number of piperazine rings is 1. The molecule has 1 N–H and O–H groups in total. The number of hydrogen-bond donors (Lipinski definition) is 1. The van der Waals surface area contributed by atoms with Crippen molar-refractivity contribution in [2.75, 3.05) is 33.9 Å². The van der Waals surface area contributed by atoms with Crippen molar-refractivity contribution < 1.29 is 9.47 Å². The molecule has 1 aromatic carbocycles. The normalized spacial score (nSPS) is 21.7. The van der Waals surface area contributed by atoms with Crippen LogP contribution in [0.2, 0.25) is 0 Å². The molecule has 0 aromatic heterocycles. The van der Waals surface area contributed by atoms with Crippen LogP contribution in [0.1, 0.15) is 37.7 Å². The predicted octanol–water partition coefficient (Wildman–Crippen LogP) is 2.81. The van der Waals surface area contributed by atoms with Crippen molar-refractivity contribution in [1.82, 2.24) is 10.2 Å². The van der Waals surface area contributed by atoms with E-state index in [0.717, 1.165) is 37.7 Å². The Kier molecular flexibility index (Phi) is 4.89. The zero-order chi connectivity index (χ0) is 15.4. The average Bonchev–Trinajstić information content (AvgIpc) is 2.58. The van der Waals surface area contributed by atoms with E-state index in [1.165, 1.54) is 37.7 Å². The highest BCUT2D eigenvalue weighted by atomic mass is 16.5. The second-order valence-electron chi connectivity index (χ2n) is 6.56. The second kappa shape index (κ2) is 6.88. The molecule has 1 saturated heterocycles. The van der Waals surface area contributed by atoms with Crippen LogP contribution in [0.5, 0.6) is 11.5 Å².